The van der Waals surface area contributed by atoms with Crippen LogP contribution < -0.4 is 5.73 Å². The molecule has 1 aliphatic rings. The molecule has 1 aromatic rings. The van der Waals surface area contributed by atoms with Crippen LogP contribution in [-0.4, -0.2) is 23.0 Å². The SMILES string of the molecule is NCC(O)(CSc1ccc(F)cc1)C1CC1. The number of benzene rings is 1. The number of nitrogens with two attached hydrogens (primary N) is 1. The Morgan fingerprint density at radius 3 is 2.50 bits per heavy atom. The van der Waals surface area contributed by atoms with E-state index in [2.05, 4.69) is 0 Å². The van der Waals surface area contributed by atoms with Gasteiger partial charge in [0, 0.05) is 17.2 Å². The molecule has 0 spiro atoms. The Bertz CT molecular complexity index is 353. The fourth-order valence-corrected chi connectivity index (χ4v) is 2.80. The highest BCUT2D eigenvalue weighted by Crippen LogP contribution is 2.41. The zero-order valence-electron chi connectivity index (χ0n) is 9.03. The second-order valence-electron chi connectivity index (χ2n) is 4.32. The summed E-state index contributed by atoms with van der Waals surface area (Å²) in [6, 6.07) is 6.32. The normalized spacial score (nSPS) is 19.4. The van der Waals surface area contributed by atoms with Crippen LogP contribution in [0.25, 0.3) is 0 Å². The molecule has 0 aliphatic heterocycles. The number of aliphatic hydroxyl groups is 1. The van der Waals surface area contributed by atoms with Crippen molar-refractivity contribution >= 4 is 11.8 Å². The van der Waals surface area contributed by atoms with E-state index in [1.54, 1.807) is 12.1 Å². The lowest BCUT2D eigenvalue weighted by Crippen LogP contribution is -2.42. The summed E-state index contributed by atoms with van der Waals surface area (Å²) in [5, 5.41) is 10.3. The molecule has 4 heteroatoms. The second kappa shape index (κ2) is 4.73. The van der Waals surface area contributed by atoms with Gasteiger partial charge in [0.2, 0.25) is 0 Å². The predicted octanol–water partition coefficient (Wildman–Crippen LogP) is 2.02. The van der Waals surface area contributed by atoms with E-state index >= 15 is 0 Å². The molecule has 1 unspecified atom stereocenters. The van der Waals surface area contributed by atoms with Gasteiger partial charge in [0.1, 0.15) is 5.82 Å². The summed E-state index contributed by atoms with van der Waals surface area (Å²) >= 11 is 1.53. The van der Waals surface area contributed by atoms with Crippen LogP contribution in [0.2, 0.25) is 0 Å². The van der Waals surface area contributed by atoms with Gasteiger partial charge in [-0.15, -0.1) is 11.8 Å². The molecular weight excluding hydrogens is 225 g/mol. The second-order valence-corrected chi connectivity index (χ2v) is 5.37. The first kappa shape index (κ1) is 11.9. The predicted molar refractivity (Wildman–Crippen MR) is 63.9 cm³/mol. The minimum atomic E-state index is -0.751. The fraction of sp³-hybridized carbons (Fsp3) is 0.500. The fourth-order valence-electron chi connectivity index (χ4n) is 1.70. The van der Waals surface area contributed by atoms with E-state index in [-0.39, 0.29) is 5.82 Å². The van der Waals surface area contributed by atoms with Crippen molar-refractivity contribution in [1.82, 2.24) is 0 Å². The first-order valence-corrected chi connectivity index (χ1v) is 6.43. The first-order valence-electron chi connectivity index (χ1n) is 5.45. The number of thioether (sulfide) groups is 1. The number of halogens is 1. The highest BCUT2D eigenvalue weighted by atomic mass is 32.2. The van der Waals surface area contributed by atoms with Crippen molar-refractivity contribution in [2.24, 2.45) is 11.7 Å². The minimum absolute atomic E-state index is 0.236. The first-order chi connectivity index (χ1) is 7.64. The molecule has 3 N–H and O–H groups in total. The van der Waals surface area contributed by atoms with Crippen molar-refractivity contribution in [2.45, 2.75) is 23.3 Å². The van der Waals surface area contributed by atoms with Crippen LogP contribution in [0, 0.1) is 11.7 Å². The monoisotopic (exact) mass is 241 g/mol. The molecule has 0 bridgehead atoms. The highest BCUT2D eigenvalue weighted by molar-refractivity contribution is 7.99. The molecule has 16 heavy (non-hydrogen) atoms. The van der Waals surface area contributed by atoms with Crippen molar-refractivity contribution in [2.75, 3.05) is 12.3 Å². The minimum Gasteiger partial charge on any atom is -0.387 e. The van der Waals surface area contributed by atoms with Crippen LogP contribution in [-0.2, 0) is 0 Å². The Hall–Kier alpha value is -0.580. The van der Waals surface area contributed by atoms with Gasteiger partial charge in [0.25, 0.3) is 0 Å². The Morgan fingerprint density at radius 2 is 2.00 bits per heavy atom. The summed E-state index contributed by atoms with van der Waals surface area (Å²) in [7, 11) is 0. The molecule has 0 aromatic heterocycles. The summed E-state index contributed by atoms with van der Waals surface area (Å²) in [5.41, 5.74) is 4.86. The largest absolute Gasteiger partial charge is 0.387 e. The molecule has 88 valence electrons. The average Bonchev–Trinajstić information content (AvgIpc) is 3.12. The topological polar surface area (TPSA) is 46.2 Å². The lowest BCUT2D eigenvalue weighted by molar-refractivity contribution is 0.0510. The molecular formula is C12H16FNOS. The summed E-state index contributed by atoms with van der Waals surface area (Å²) in [4.78, 5) is 0.967. The zero-order valence-corrected chi connectivity index (χ0v) is 9.84. The average molecular weight is 241 g/mol. The standard InChI is InChI=1S/C12H16FNOS/c13-10-3-5-11(6-4-10)16-8-12(15,7-14)9-1-2-9/h3-6,9,15H,1-2,7-8,14H2. The van der Waals surface area contributed by atoms with E-state index in [0.717, 1.165) is 17.7 Å². The van der Waals surface area contributed by atoms with Crippen LogP contribution in [0.3, 0.4) is 0 Å². The molecule has 0 saturated heterocycles. The van der Waals surface area contributed by atoms with Crippen molar-refractivity contribution < 1.29 is 9.50 Å². The van der Waals surface area contributed by atoms with E-state index in [1.165, 1.54) is 23.9 Å². The van der Waals surface area contributed by atoms with E-state index in [1.807, 2.05) is 0 Å². The van der Waals surface area contributed by atoms with Gasteiger partial charge in [-0.3, -0.25) is 0 Å². The lowest BCUT2D eigenvalue weighted by atomic mass is 10.0. The van der Waals surface area contributed by atoms with Gasteiger partial charge < -0.3 is 10.8 Å². The third kappa shape index (κ3) is 2.75. The highest BCUT2D eigenvalue weighted by Gasteiger charge is 2.42. The zero-order chi connectivity index (χ0) is 11.6. The molecule has 1 saturated carbocycles. The Kier molecular flexibility index (Phi) is 3.52. The van der Waals surface area contributed by atoms with Crippen LogP contribution in [0.1, 0.15) is 12.8 Å². The summed E-state index contributed by atoms with van der Waals surface area (Å²) in [6.45, 7) is 0.297. The van der Waals surface area contributed by atoms with Crippen molar-refractivity contribution in [1.29, 1.82) is 0 Å². The van der Waals surface area contributed by atoms with E-state index < -0.39 is 5.60 Å². The molecule has 1 aromatic carbocycles. The maximum Gasteiger partial charge on any atom is 0.123 e. The molecule has 1 aliphatic carbocycles. The Balaban J connectivity index is 1.92. The molecule has 0 radical (unpaired) electrons. The smallest absolute Gasteiger partial charge is 0.123 e. The van der Waals surface area contributed by atoms with Gasteiger partial charge in [-0.05, 0) is 43.0 Å². The van der Waals surface area contributed by atoms with Crippen LogP contribution in [0.4, 0.5) is 4.39 Å². The van der Waals surface area contributed by atoms with E-state index in [0.29, 0.717) is 18.2 Å². The van der Waals surface area contributed by atoms with Crippen molar-refractivity contribution in [3.8, 4) is 0 Å². The molecule has 1 fully saturated rings. The van der Waals surface area contributed by atoms with Gasteiger partial charge in [0.05, 0.1) is 5.60 Å². The van der Waals surface area contributed by atoms with Crippen LogP contribution >= 0.6 is 11.8 Å². The van der Waals surface area contributed by atoms with E-state index in [4.69, 9.17) is 5.73 Å². The number of hydrogen-bond donors (Lipinski definition) is 2. The maximum atomic E-state index is 12.7. The van der Waals surface area contributed by atoms with Crippen molar-refractivity contribution in [3.63, 3.8) is 0 Å². The number of rotatable bonds is 5. The van der Waals surface area contributed by atoms with Crippen LogP contribution in [0.15, 0.2) is 29.2 Å². The maximum absolute atomic E-state index is 12.7. The Morgan fingerprint density at radius 1 is 1.38 bits per heavy atom. The van der Waals surface area contributed by atoms with Gasteiger partial charge in [-0.25, -0.2) is 4.39 Å². The summed E-state index contributed by atoms with van der Waals surface area (Å²) < 4.78 is 12.7. The van der Waals surface area contributed by atoms with Gasteiger partial charge >= 0.3 is 0 Å². The van der Waals surface area contributed by atoms with Crippen molar-refractivity contribution in [3.05, 3.63) is 30.1 Å². The number of hydrogen-bond acceptors (Lipinski definition) is 3. The van der Waals surface area contributed by atoms with Gasteiger partial charge in [-0.1, -0.05) is 0 Å². The molecule has 0 heterocycles. The van der Waals surface area contributed by atoms with E-state index in [9.17, 15) is 9.50 Å². The third-order valence-corrected chi connectivity index (χ3v) is 4.24. The van der Waals surface area contributed by atoms with Gasteiger partial charge in [0.15, 0.2) is 0 Å². The lowest BCUT2D eigenvalue weighted by Gasteiger charge is -2.25. The molecule has 2 nitrogen and oxygen atoms in total. The summed E-state index contributed by atoms with van der Waals surface area (Å²) in [6.07, 6.45) is 2.13. The van der Waals surface area contributed by atoms with Gasteiger partial charge in [-0.2, -0.15) is 0 Å². The molecule has 1 atom stereocenters. The third-order valence-electron chi connectivity index (χ3n) is 2.99. The quantitative estimate of drug-likeness (QED) is 0.775. The molecule has 0 amide bonds. The summed E-state index contributed by atoms with van der Waals surface area (Å²) in [5.74, 6) is 0.700. The Labute approximate surface area is 99.0 Å². The molecule has 2 rings (SSSR count). The van der Waals surface area contributed by atoms with Crippen LogP contribution in [0.5, 0.6) is 0 Å².